The maximum Gasteiger partial charge on any atom is 0.329 e. The summed E-state index contributed by atoms with van der Waals surface area (Å²) in [5.41, 5.74) is 0.520. The minimum Gasteiger partial charge on any atom is -0.385 e. The Balaban J connectivity index is 1.42. The number of nitrogens with zero attached hydrogens (tertiary/aromatic N) is 3. The number of anilines is 1. The number of hydrogen-bond acceptors (Lipinski definition) is 5. The van der Waals surface area contributed by atoms with Gasteiger partial charge in [-0.15, -0.1) is 0 Å². The number of methoxy groups -OCH3 is 1. The van der Waals surface area contributed by atoms with Gasteiger partial charge in [-0.3, -0.25) is 9.59 Å². The molecule has 0 unspecified atom stereocenters. The fourth-order valence-corrected chi connectivity index (χ4v) is 5.59. The summed E-state index contributed by atoms with van der Waals surface area (Å²) in [6.45, 7) is 4.23. The van der Waals surface area contributed by atoms with Crippen LogP contribution in [0.2, 0.25) is 0 Å². The second-order valence-corrected chi connectivity index (χ2v) is 9.40. The highest BCUT2D eigenvalue weighted by molar-refractivity contribution is 6.22. The van der Waals surface area contributed by atoms with E-state index in [0.717, 1.165) is 30.8 Å². The molecule has 0 aliphatic carbocycles. The number of nitrogens with one attached hydrogen (secondary N) is 1. The number of imide groups is 1. The lowest BCUT2D eigenvalue weighted by Gasteiger charge is -2.45. The molecular weight excluding hydrogens is 420 g/mol. The molecule has 0 spiro atoms. The molecule has 180 valence electrons. The molecule has 3 heterocycles. The number of urea groups is 1. The van der Waals surface area contributed by atoms with Gasteiger partial charge in [0.15, 0.2) is 0 Å². The minimum absolute atomic E-state index is 0.0119. The van der Waals surface area contributed by atoms with Gasteiger partial charge in [-0.25, -0.2) is 9.69 Å². The van der Waals surface area contributed by atoms with Crippen molar-refractivity contribution in [3.8, 4) is 0 Å². The molecule has 3 aliphatic rings. The average Bonchev–Trinajstić information content (AvgIpc) is 3.11. The number of fused-ring (bicyclic) bond motifs is 1. The number of piperidine rings is 2. The Morgan fingerprint density at radius 1 is 1.12 bits per heavy atom. The van der Waals surface area contributed by atoms with E-state index in [1.807, 2.05) is 11.0 Å². The molecule has 33 heavy (non-hydrogen) atoms. The number of para-hydroxylation sites is 1. The zero-order valence-electron chi connectivity index (χ0n) is 19.6. The van der Waals surface area contributed by atoms with Crippen molar-refractivity contribution in [2.45, 2.75) is 57.0 Å². The normalized spacial score (nSPS) is 25.6. The quantitative estimate of drug-likeness (QED) is 0.456. The maximum atomic E-state index is 13.4. The number of carbonyl (C=O) groups excluding carboxylic acids is 3. The Hall–Kier alpha value is -2.45. The van der Waals surface area contributed by atoms with E-state index in [2.05, 4.69) is 10.2 Å². The second-order valence-electron chi connectivity index (χ2n) is 9.40. The summed E-state index contributed by atoms with van der Waals surface area (Å²) in [6.07, 6.45) is 6.77. The molecule has 0 radical (unpaired) electrons. The predicted octanol–water partition coefficient (Wildman–Crippen LogP) is 2.63. The molecule has 4 amide bonds. The smallest absolute Gasteiger partial charge is 0.329 e. The van der Waals surface area contributed by atoms with Crippen molar-refractivity contribution in [2.24, 2.45) is 5.92 Å². The van der Waals surface area contributed by atoms with Gasteiger partial charge in [-0.1, -0.05) is 24.6 Å². The summed E-state index contributed by atoms with van der Waals surface area (Å²) in [4.78, 5) is 44.5. The SMILES string of the molecule is COCCCN(C[C@@H]1CCCN2CCCC[C@H]12)C(=O)C[C@@H]1NC(=O)N(c2ccccc2)C1=O. The summed E-state index contributed by atoms with van der Waals surface area (Å²) in [5.74, 6) is 0.0142. The highest BCUT2D eigenvalue weighted by Crippen LogP contribution is 2.31. The number of ether oxygens (including phenoxy) is 1. The van der Waals surface area contributed by atoms with Gasteiger partial charge in [0.1, 0.15) is 6.04 Å². The van der Waals surface area contributed by atoms with Gasteiger partial charge in [0.25, 0.3) is 5.91 Å². The van der Waals surface area contributed by atoms with E-state index < -0.39 is 12.1 Å². The van der Waals surface area contributed by atoms with E-state index in [1.165, 1.54) is 25.7 Å². The summed E-state index contributed by atoms with van der Waals surface area (Å²) >= 11 is 0. The Kier molecular flexibility index (Phi) is 7.98. The molecule has 0 aromatic heterocycles. The Bertz CT molecular complexity index is 831. The van der Waals surface area contributed by atoms with Crippen molar-refractivity contribution in [1.82, 2.24) is 15.1 Å². The van der Waals surface area contributed by atoms with Crippen LogP contribution < -0.4 is 10.2 Å². The first-order chi connectivity index (χ1) is 16.1. The van der Waals surface area contributed by atoms with Gasteiger partial charge in [0.2, 0.25) is 5.91 Å². The van der Waals surface area contributed by atoms with Crippen LogP contribution in [-0.2, 0) is 14.3 Å². The van der Waals surface area contributed by atoms with Gasteiger partial charge >= 0.3 is 6.03 Å². The van der Waals surface area contributed by atoms with Gasteiger partial charge in [-0.05, 0) is 63.2 Å². The van der Waals surface area contributed by atoms with Crippen molar-refractivity contribution in [3.05, 3.63) is 30.3 Å². The third-order valence-electron chi connectivity index (χ3n) is 7.23. The molecule has 1 aromatic rings. The van der Waals surface area contributed by atoms with Gasteiger partial charge in [-0.2, -0.15) is 0 Å². The number of carbonyl (C=O) groups is 3. The van der Waals surface area contributed by atoms with Crippen LogP contribution in [0.1, 0.15) is 44.9 Å². The molecular formula is C25H36N4O4. The lowest BCUT2D eigenvalue weighted by Crippen LogP contribution is -2.52. The third-order valence-corrected chi connectivity index (χ3v) is 7.23. The molecule has 3 fully saturated rings. The maximum absolute atomic E-state index is 13.4. The number of hydrogen-bond donors (Lipinski definition) is 1. The summed E-state index contributed by atoms with van der Waals surface area (Å²) < 4.78 is 5.21. The van der Waals surface area contributed by atoms with E-state index >= 15 is 0 Å². The molecule has 4 rings (SSSR count). The lowest BCUT2D eigenvalue weighted by atomic mass is 9.83. The van der Waals surface area contributed by atoms with E-state index in [4.69, 9.17) is 4.74 Å². The van der Waals surface area contributed by atoms with Crippen LogP contribution in [0.25, 0.3) is 0 Å². The van der Waals surface area contributed by atoms with Crippen LogP contribution in [0.15, 0.2) is 30.3 Å². The number of amides is 4. The van der Waals surface area contributed by atoms with Crippen LogP contribution in [0.5, 0.6) is 0 Å². The largest absolute Gasteiger partial charge is 0.385 e. The molecule has 8 nitrogen and oxygen atoms in total. The summed E-state index contributed by atoms with van der Waals surface area (Å²) in [6, 6.07) is 8.09. The topological polar surface area (TPSA) is 82.2 Å². The molecule has 3 aliphatic heterocycles. The van der Waals surface area contributed by atoms with Crippen molar-refractivity contribution in [1.29, 1.82) is 0 Å². The van der Waals surface area contributed by atoms with E-state index in [1.54, 1.807) is 31.4 Å². The van der Waals surface area contributed by atoms with Crippen LogP contribution in [0.3, 0.4) is 0 Å². The highest BCUT2D eigenvalue weighted by Gasteiger charge is 2.41. The molecule has 1 N–H and O–H groups in total. The zero-order valence-corrected chi connectivity index (χ0v) is 19.6. The Morgan fingerprint density at radius 3 is 2.70 bits per heavy atom. The van der Waals surface area contributed by atoms with Crippen LogP contribution in [0.4, 0.5) is 10.5 Å². The van der Waals surface area contributed by atoms with Crippen molar-refractivity contribution >= 4 is 23.5 Å². The zero-order chi connectivity index (χ0) is 23.2. The van der Waals surface area contributed by atoms with Crippen LogP contribution in [0, 0.1) is 5.92 Å². The molecule has 3 saturated heterocycles. The van der Waals surface area contributed by atoms with E-state index in [0.29, 0.717) is 37.3 Å². The molecule has 0 bridgehead atoms. The second kappa shape index (κ2) is 11.1. The molecule has 8 heteroatoms. The first kappa shape index (κ1) is 23.7. The highest BCUT2D eigenvalue weighted by atomic mass is 16.5. The van der Waals surface area contributed by atoms with Crippen molar-refractivity contribution in [3.63, 3.8) is 0 Å². The summed E-state index contributed by atoms with van der Waals surface area (Å²) in [5, 5.41) is 2.71. The number of benzene rings is 1. The standard InChI is InChI=1S/C25H36N4O4/c1-33-16-8-15-28(18-19-9-7-14-27-13-6-5-12-22(19)27)23(30)17-21-24(31)29(25(32)26-21)20-10-3-2-4-11-20/h2-4,10-11,19,21-22H,5-9,12-18H2,1H3,(H,26,32)/t19-,21-,22+/m0/s1. The van der Waals surface area contributed by atoms with Gasteiger partial charge < -0.3 is 19.9 Å². The van der Waals surface area contributed by atoms with Gasteiger partial charge in [0, 0.05) is 32.8 Å². The van der Waals surface area contributed by atoms with Crippen molar-refractivity contribution < 1.29 is 19.1 Å². The predicted molar refractivity (Wildman–Crippen MR) is 126 cm³/mol. The minimum atomic E-state index is -0.826. The average molecular weight is 457 g/mol. The third kappa shape index (κ3) is 5.55. The molecule has 3 atom stereocenters. The molecule has 1 aromatic carbocycles. The Labute approximate surface area is 196 Å². The number of rotatable bonds is 9. The fraction of sp³-hybridized carbons (Fsp3) is 0.640. The molecule has 0 saturated carbocycles. The summed E-state index contributed by atoms with van der Waals surface area (Å²) in [7, 11) is 1.66. The fourth-order valence-electron chi connectivity index (χ4n) is 5.59. The van der Waals surface area contributed by atoms with E-state index in [-0.39, 0.29) is 18.2 Å². The van der Waals surface area contributed by atoms with Crippen molar-refractivity contribution in [2.75, 3.05) is 44.8 Å². The first-order valence-corrected chi connectivity index (χ1v) is 12.3. The Morgan fingerprint density at radius 2 is 1.91 bits per heavy atom. The van der Waals surface area contributed by atoms with Crippen LogP contribution >= 0.6 is 0 Å². The lowest BCUT2D eigenvalue weighted by molar-refractivity contribution is -0.135. The van der Waals surface area contributed by atoms with Gasteiger partial charge in [0.05, 0.1) is 12.1 Å². The van der Waals surface area contributed by atoms with Crippen LogP contribution in [-0.4, -0.2) is 79.6 Å². The van der Waals surface area contributed by atoms with E-state index in [9.17, 15) is 14.4 Å². The monoisotopic (exact) mass is 456 g/mol. The first-order valence-electron chi connectivity index (χ1n) is 12.3.